The predicted molar refractivity (Wildman–Crippen MR) is 161 cm³/mol. The van der Waals surface area contributed by atoms with Crippen molar-refractivity contribution in [2.45, 2.75) is 25.2 Å². The van der Waals surface area contributed by atoms with Crippen LogP contribution in [0.2, 0.25) is 0 Å². The summed E-state index contributed by atoms with van der Waals surface area (Å²) in [6.45, 7) is 1.47. The summed E-state index contributed by atoms with van der Waals surface area (Å²) in [5.41, 5.74) is 5.76. The highest BCUT2D eigenvalue weighted by molar-refractivity contribution is 6.24. The van der Waals surface area contributed by atoms with E-state index in [1.165, 1.54) is 12.1 Å². The first kappa shape index (κ1) is 26.8. The average molecular weight is 561 g/mol. The van der Waals surface area contributed by atoms with Gasteiger partial charge in [-0.3, -0.25) is 24.7 Å². The van der Waals surface area contributed by atoms with Gasteiger partial charge in [-0.25, -0.2) is 4.98 Å². The third kappa shape index (κ3) is 5.73. The van der Waals surface area contributed by atoms with Crippen molar-refractivity contribution in [3.05, 3.63) is 117 Å². The lowest BCUT2D eigenvalue weighted by atomic mass is 9.90. The first-order valence-electron chi connectivity index (χ1n) is 13.8. The van der Waals surface area contributed by atoms with Crippen molar-refractivity contribution in [3.8, 4) is 0 Å². The van der Waals surface area contributed by atoms with E-state index in [0.717, 1.165) is 41.8 Å². The Balaban J connectivity index is 1.33. The Kier molecular flexibility index (Phi) is 7.42. The average Bonchev–Trinajstić information content (AvgIpc) is 3.74. The summed E-state index contributed by atoms with van der Waals surface area (Å²) in [6, 6.07) is 19.8. The molecule has 2 N–H and O–H groups in total. The maximum atomic E-state index is 13.3. The van der Waals surface area contributed by atoms with E-state index < -0.39 is 10.8 Å². The number of anilines is 1. The number of imidazole rings is 1. The van der Waals surface area contributed by atoms with E-state index in [1.54, 1.807) is 18.6 Å². The zero-order valence-corrected chi connectivity index (χ0v) is 22.7. The molecule has 1 saturated heterocycles. The minimum Gasteiger partial charge on any atom is -0.345 e. The summed E-state index contributed by atoms with van der Waals surface area (Å²) in [5.74, 6) is -0.920. The number of nitrogens with one attached hydrogen (secondary N) is 2. The molecule has 0 bridgehead atoms. The molecule has 0 spiro atoms. The molecule has 3 aromatic carbocycles. The standard InChI is InChI=1S/C32H28N6O4/c39-29-2-1-16-37(29)17-15-22-3-8-23(9-4-22)31(30-27-18-26(38(41)42)13-14-28(27)36-32(30)40)35-24-10-5-21(6-11-24)7-12-25-19-33-20-34-25/h3-14,18-20,30H,1-2,15-17H2,(H,33,34)(H,36,40). The minimum atomic E-state index is -0.826. The molecular formula is C32H28N6O4. The molecule has 1 unspecified atom stereocenters. The number of nitro benzene ring substituents is 1. The van der Waals surface area contributed by atoms with E-state index in [0.29, 0.717) is 35.6 Å². The Bertz CT molecular complexity index is 1690. The third-order valence-corrected chi connectivity index (χ3v) is 7.56. The van der Waals surface area contributed by atoms with Gasteiger partial charge in [0.25, 0.3) is 5.69 Å². The van der Waals surface area contributed by atoms with Gasteiger partial charge in [0.15, 0.2) is 0 Å². The van der Waals surface area contributed by atoms with Gasteiger partial charge in [0.2, 0.25) is 11.8 Å². The van der Waals surface area contributed by atoms with Crippen LogP contribution in [0, 0.1) is 10.1 Å². The molecule has 1 atom stereocenters. The summed E-state index contributed by atoms with van der Waals surface area (Å²) in [6.07, 6.45) is 9.47. The number of carbonyl (C=O) groups excluding carboxylic acids is 2. The van der Waals surface area contributed by atoms with Crippen LogP contribution in [-0.2, 0) is 16.0 Å². The molecule has 1 fully saturated rings. The van der Waals surface area contributed by atoms with E-state index in [1.807, 2.05) is 65.6 Å². The number of likely N-dealkylation sites (tertiary alicyclic amines) is 1. The summed E-state index contributed by atoms with van der Waals surface area (Å²) < 4.78 is 0. The molecule has 0 radical (unpaired) electrons. The highest BCUT2D eigenvalue weighted by Crippen LogP contribution is 2.38. The molecule has 210 valence electrons. The van der Waals surface area contributed by atoms with Crippen molar-refractivity contribution in [2.75, 3.05) is 18.4 Å². The first-order valence-corrected chi connectivity index (χ1v) is 13.8. The number of nitrogens with zero attached hydrogens (tertiary/aromatic N) is 4. The van der Waals surface area contributed by atoms with Gasteiger partial charge in [0.05, 0.1) is 34.5 Å². The van der Waals surface area contributed by atoms with Crippen LogP contribution in [0.1, 0.15) is 46.7 Å². The van der Waals surface area contributed by atoms with Crippen LogP contribution >= 0.6 is 0 Å². The summed E-state index contributed by atoms with van der Waals surface area (Å²) in [4.78, 5) is 50.2. The number of carbonyl (C=O) groups is 2. The molecule has 1 aromatic heterocycles. The monoisotopic (exact) mass is 560 g/mol. The SMILES string of the molecule is O=C1Nc2ccc([N+](=O)[O-])cc2C1C(=Nc1ccc(C=Cc2cnc[nH]2)cc1)c1ccc(CCN2CCCC2=O)cc1. The number of non-ortho nitro benzene ring substituents is 1. The maximum Gasteiger partial charge on any atom is 0.269 e. The van der Waals surface area contributed by atoms with Gasteiger partial charge < -0.3 is 15.2 Å². The smallest absolute Gasteiger partial charge is 0.269 e. The number of H-pyrrole nitrogens is 1. The molecule has 0 aliphatic carbocycles. The normalized spacial score (nSPS) is 16.7. The maximum absolute atomic E-state index is 13.3. The molecule has 0 saturated carbocycles. The quantitative estimate of drug-likeness (QED) is 0.158. The Morgan fingerprint density at radius 2 is 1.88 bits per heavy atom. The van der Waals surface area contributed by atoms with E-state index >= 15 is 0 Å². The van der Waals surface area contributed by atoms with Gasteiger partial charge in [0.1, 0.15) is 5.92 Å². The van der Waals surface area contributed by atoms with E-state index in [4.69, 9.17) is 4.99 Å². The van der Waals surface area contributed by atoms with Crippen LogP contribution in [0.3, 0.4) is 0 Å². The number of benzene rings is 3. The highest BCUT2D eigenvalue weighted by atomic mass is 16.6. The zero-order valence-electron chi connectivity index (χ0n) is 22.7. The summed E-state index contributed by atoms with van der Waals surface area (Å²) in [7, 11) is 0. The van der Waals surface area contributed by atoms with Gasteiger partial charge in [-0.15, -0.1) is 0 Å². The van der Waals surface area contributed by atoms with E-state index in [9.17, 15) is 19.7 Å². The van der Waals surface area contributed by atoms with Crippen molar-refractivity contribution < 1.29 is 14.5 Å². The second-order valence-corrected chi connectivity index (χ2v) is 10.3. The fourth-order valence-electron chi connectivity index (χ4n) is 5.32. The zero-order chi connectivity index (χ0) is 29.1. The van der Waals surface area contributed by atoms with Gasteiger partial charge in [-0.05, 0) is 53.8 Å². The topological polar surface area (TPSA) is 134 Å². The van der Waals surface area contributed by atoms with Gasteiger partial charge in [0, 0.05) is 42.9 Å². The molecule has 2 amide bonds. The Morgan fingerprint density at radius 3 is 2.57 bits per heavy atom. The second-order valence-electron chi connectivity index (χ2n) is 10.3. The van der Waals surface area contributed by atoms with Crippen molar-refractivity contribution in [1.29, 1.82) is 0 Å². The van der Waals surface area contributed by atoms with Crippen molar-refractivity contribution in [1.82, 2.24) is 14.9 Å². The van der Waals surface area contributed by atoms with Crippen LogP contribution < -0.4 is 5.32 Å². The minimum absolute atomic E-state index is 0.0881. The lowest BCUT2D eigenvalue weighted by Crippen LogP contribution is -2.26. The van der Waals surface area contributed by atoms with E-state index in [2.05, 4.69) is 15.3 Å². The number of aromatic amines is 1. The Hall–Kier alpha value is -5.38. The number of amides is 2. The molecule has 4 aromatic rings. The molecule has 6 rings (SSSR count). The van der Waals surface area contributed by atoms with Crippen molar-refractivity contribution >= 4 is 46.7 Å². The van der Waals surface area contributed by atoms with Crippen LogP contribution in [0.25, 0.3) is 12.2 Å². The molecule has 42 heavy (non-hydrogen) atoms. The number of hydrogen-bond donors (Lipinski definition) is 2. The summed E-state index contributed by atoms with van der Waals surface area (Å²) in [5, 5.41) is 14.4. The molecular weight excluding hydrogens is 532 g/mol. The van der Waals surface area contributed by atoms with Gasteiger partial charge >= 0.3 is 0 Å². The second kappa shape index (κ2) is 11.6. The van der Waals surface area contributed by atoms with Crippen LogP contribution in [-0.4, -0.2) is 50.4 Å². The number of fused-ring (bicyclic) bond motifs is 1. The highest BCUT2D eigenvalue weighted by Gasteiger charge is 2.36. The van der Waals surface area contributed by atoms with Crippen LogP contribution in [0.5, 0.6) is 0 Å². The van der Waals surface area contributed by atoms with E-state index in [-0.39, 0.29) is 17.5 Å². The lowest BCUT2D eigenvalue weighted by Gasteiger charge is -2.16. The number of aromatic nitrogens is 2. The summed E-state index contributed by atoms with van der Waals surface area (Å²) >= 11 is 0. The Morgan fingerprint density at radius 1 is 1.07 bits per heavy atom. The number of aliphatic imine (C=N–C) groups is 1. The van der Waals surface area contributed by atoms with Crippen LogP contribution in [0.4, 0.5) is 17.1 Å². The number of rotatable bonds is 9. The molecule has 10 nitrogen and oxygen atoms in total. The lowest BCUT2D eigenvalue weighted by molar-refractivity contribution is -0.384. The number of hydrogen-bond acceptors (Lipinski definition) is 6. The molecule has 3 heterocycles. The molecule has 2 aliphatic rings. The van der Waals surface area contributed by atoms with Gasteiger partial charge in [-0.1, -0.05) is 42.5 Å². The fraction of sp³-hybridized carbons (Fsp3) is 0.188. The molecule has 10 heteroatoms. The van der Waals surface area contributed by atoms with Crippen LogP contribution in [0.15, 0.2) is 84.2 Å². The largest absolute Gasteiger partial charge is 0.345 e. The fourth-order valence-corrected chi connectivity index (χ4v) is 5.32. The van der Waals surface area contributed by atoms with Gasteiger partial charge in [-0.2, -0.15) is 0 Å². The van der Waals surface area contributed by atoms with Crippen molar-refractivity contribution in [2.24, 2.45) is 4.99 Å². The third-order valence-electron chi connectivity index (χ3n) is 7.56. The molecule has 2 aliphatic heterocycles. The Labute approximate surface area is 242 Å². The predicted octanol–water partition coefficient (Wildman–Crippen LogP) is 5.51. The van der Waals surface area contributed by atoms with Crippen molar-refractivity contribution in [3.63, 3.8) is 0 Å². The first-order chi connectivity index (χ1) is 20.4. The number of nitro groups is 1.